The topological polar surface area (TPSA) is 112 Å². The van der Waals surface area contributed by atoms with E-state index in [9.17, 15) is 14.4 Å². The molecule has 2 rings (SSSR count). The first-order valence-electron chi connectivity index (χ1n) is 10.4. The number of hydrogen-bond donors (Lipinski definition) is 2. The molecule has 0 radical (unpaired) electrons. The molecule has 172 valence electrons. The largest absolute Gasteiger partial charge is 0.493 e. The summed E-state index contributed by atoms with van der Waals surface area (Å²) in [5.74, 6) is -0.174. The van der Waals surface area contributed by atoms with Crippen molar-refractivity contribution in [1.29, 1.82) is 0 Å². The summed E-state index contributed by atoms with van der Waals surface area (Å²) in [4.78, 5) is 36.9. The number of methoxy groups -OCH3 is 3. The molecule has 1 aliphatic rings. The van der Waals surface area contributed by atoms with Crippen LogP contribution in [0.15, 0.2) is 12.1 Å². The van der Waals surface area contributed by atoms with Crippen LogP contribution >= 0.6 is 0 Å². The van der Waals surface area contributed by atoms with E-state index in [1.807, 2.05) is 0 Å². The van der Waals surface area contributed by atoms with Crippen molar-refractivity contribution in [3.63, 3.8) is 0 Å². The fourth-order valence-corrected chi connectivity index (χ4v) is 3.59. The van der Waals surface area contributed by atoms with Crippen molar-refractivity contribution in [2.24, 2.45) is 5.92 Å². The predicted octanol–water partition coefficient (Wildman–Crippen LogP) is 2.07. The van der Waals surface area contributed by atoms with Crippen molar-refractivity contribution in [2.45, 2.75) is 51.7 Å². The number of hydrogen-bond acceptors (Lipinski definition) is 7. The molecule has 0 aliphatic heterocycles. The Labute approximate surface area is 182 Å². The summed E-state index contributed by atoms with van der Waals surface area (Å²) in [5.41, 5.74) is 0.222. The van der Waals surface area contributed by atoms with Gasteiger partial charge in [-0.05, 0) is 37.8 Å². The maximum Gasteiger partial charge on any atom is 0.326 e. The molecule has 0 saturated heterocycles. The molecule has 0 bridgehead atoms. The summed E-state index contributed by atoms with van der Waals surface area (Å²) in [5, 5.41) is 5.43. The molecule has 2 amide bonds. The van der Waals surface area contributed by atoms with Crippen LogP contribution in [0.1, 0.15) is 49.9 Å². The highest BCUT2D eigenvalue weighted by Crippen LogP contribution is 2.38. The third-order valence-electron chi connectivity index (χ3n) is 5.44. The quantitative estimate of drug-likeness (QED) is 0.570. The summed E-state index contributed by atoms with van der Waals surface area (Å²) < 4.78 is 20.8. The second kappa shape index (κ2) is 11.4. The van der Waals surface area contributed by atoms with Gasteiger partial charge in [0.25, 0.3) is 11.8 Å². The molecule has 9 nitrogen and oxygen atoms in total. The minimum atomic E-state index is -0.945. The molecule has 1 saturated carbocycles. The second-order valence-corrected chi connectivity index (χ2v) is 7.61. The van der Waals surface area contributed by atoms with E-state index in [0.717, 1.165) is 19.3 Å². The molecule has 3 atom stereocenters. The van der Waals surface area contributed by atoms with Crippen LogP contribution in [0.5, 0.6) is 17.2 Å². The zero-order valence-electron chi connectivity index (χ0n) is 18.8. The van der Waals surface area contributed by atoms with Gasteiger partial charge in [-0.15, -0.1) is 0 Å². The Morgan fingerprint density at radius 3 is 2.19 bits per heavy atom. The second-order valence-electron chi connectivity index (χ2n) is 7.61. The molecule has 1 fully saturated rings. The van der Waals surface area contributed by atoms with Crippen molar-refractivity contribution >= 4 is 17.8 Å². The van der Waals surface area contributed by atoms with Gasteiger partial charge in [0, 0.05) is 11.6 Å². The van der Waals surface area contributed by atoms with Crippen molar-refractivity contribution in [3.8, 4) is 17.2 Å². The molecule has 2 N–H and O–H groups in total. The SMILES string of the molecule is COc1cc(C(=O)NCC(=O)OC(C)C(=O)NC2CCCCC2C)cc(OC)c1OC. The highest BCUT2D eigenvalue weighted by Gasteiger charge is 2.26. The van der Waals surface area contributed by atoms with Crippen molar-refractivity contribution in [2.75, 3.05) is 27.9 Å². The van der Waals surface area contributed by atoms with Crippen LogP contribution in [0.2, 0.25) is 0 Å². The van der Waals surface area contributed by atoms with E-state index in [4.69, 9.17) is 18.9 Å². The Kier molecular flexibility index (Phi) is 8.96. The van der Waals surface area contributed by atoms with E-state index < -0.39 is 18.0 Å². The Hall–Kier alpha value is -2.97. The van der Waals surface area contributed by atoms with Gasteiger partial charge in [-0.25, -0.2) is 0 Å². The van der Waals surface area contributed by atoms with Crippen LogP contribution in [0.3, 0.4) is 0 Å². The van der Waals surface area contributed by atoms with Crippen molar-refractivity contribution in [1.82, 2.24) is 10.6 Å². The number of nitrogens with one attached hydrogen (secondary N) is 2. The average Bonchev–Trinajstić information content (AvgIpc) is 2.77. The number of esters is 1. The van der Waals surface area contributed by atoms with Crippen LogP contribution in [0.25, 0.3) is 0 Å². The van der Waals surface area contributed by atoms with Gasteiger partial charge >= 0.3 is 5.97 Å². The van der Waals surface area contributed by atoms with Gasteiger partial charge in [-0.2, -0.15) is 0 Å². The van der Waals surface area contributed by atoms with Gasteiger partial charge in [0.1, 0.15) is 6.54 Å². The number of amides is 2. The van der Waals surface area contributed by atoms with Crippen LogP contribution in [0.4, 0.5) is 0 Å². The maximum absolute atomic E-state index is 12.5. The summed E-state index contributed by atoms with van der Waals surface area (Å²) in [7, 11) is 4.34. The average molecular weight is 437 g/mol. The molecule has 0 aromatic heterocycles. The Morgan fingerprint density at radius 1 is 1.03 bits per heavy atom. The lowest BCUT2D eigenvalue weighted by Crippen LogP contribution is -2.46. The minimum Gasteiger partial charge on any atom is -0.493 e. The Morgan fingerprint density at radius 2 is 1.65 bits per heavy atom. The molecule has 0 heterocycles. The lowest BCUT2D eigenvalue weighted by atomic mass is 9.86. The summed E-state index contributed by atoms with van der Waals surface area (Å²) in [6.45, 7) is 3.24. The third kappa shape index (κ3) is 6.50. The van der Waals surface area contributed by atoms with Gasteiger partial charge in [0.15, 0.2) is 17.6 Å². The summed E-state index contributed by atoms with van der Waals surface area (Å²) in [6, 6.07) is 3.05. The van der Waals surface area contributed by atoms with E-state index in [1.54, 1.807) is 0 Å². The highest BCUT2D eigenvalue weighted by atomic mass is 16.5. The normalized spacial score (nSPS) is 19.0. The standard InChI is InChI=1S/C22H32N2O7/c1-13-8-6-7-9-16(13)24-21(26)14(2)31-19(25)12-23-22(27)15-10-17(28-3)20(30-5)18(11-15)29-4/h10-11,13-14,16H,6-9,12H2,1-5H3,(H,23,27)(H,24,26). The zero-order valence-corrected chi connectivity index (χ0v) is 18.8. The van der Waals surface area contributed by atoms with Gasteiger partial charge in [0.05, 0.1) is 21.3 Å². The molecular formula is C22H32N2O7. The summed E-state index contributed by atoms with van der Waals surface area (Å²) >= 11 is 0. The first-order valence-corrected chi connectivity index (χ1v) is 10.4. The smallest absolute Gasteiger partial charge is 0.326 e. The van der Waals surface area contributed by atoms with Gasteiger partial charge in [0.2, 0.25) is 5.75 Å². The zero-order chi connectivity index (χ0) is 23.0. The third-order valence-corrected chi connectivity index (χ3v) is 5.44. The number of ether oxygens (including phenoxy) is 4. The molecule has 1 aromatic carbocycles. The maximum atomic E-state index is 12.5. The molecule has 1 aromatic rings. The molecule has 0 spiro atoms. The number of rotatable bonds is 9. The molecule has 3 unspecified atom stereocenters. The van der Waals surface area contributed by atoms with Crippen molar-refractivity contribution < 1.29 is 33.3 Å². The van der Waals surface area contributed by atoms with Gasteiger partial charge < -0.3 is 29.6 Å². The van der Waals surface area contributed by atoms with E-state index in [-0.39, 0.29) is 24.1 Å². The first kappa shape index (κ1) is 24.3. The van der Waals surface area contributed by atoms with Crippen LogP contribution in [0, 0.1) is 5.92 Å². The van der Waals surface area contributed by atoms with E-state index in [1.165, 1.54) is 46.8 Å². The fraction of sp³-hybridized carbons (Fsp3) is 0.591. The number of carbonyl (C=O) groups is 3. The predicted molar refractivity (Wildman–Crippen MR) is 114 cm³/mol. The van der Waals surface area contributed by atoms with E-state index in [0.29, 0.717) is 23.2 Å². The van der Waals surface area contributed by atoms with Crippen LogP contribution < -0.4 is 24.8 Å². The van der Waals surface area contributed by atoms with Crippen molar-refractivity contribution in [3.05, 3.63) is 17.7 Å². The molecule has 9 heteroatoms. The van der Waals surface area contributed by atoms with E-state index >= 15 is 0 Å². The Balaban J connectivity index is 1.89. The van der Waals surface area contributed by atoms with Crippen LogP contribution in [-0.2, 0) is 14.3 Å². The molecule has 31 heavy (non-hydrogen) atoms. The van der Waals surface area contributed by atoms with Crippen LogP contribution in [-0.4, -0.2) is 57.8 Å². The number of benzene rings is 1. The molecular weight excluding hydrogens is 404 g/mol. The first-order chi connectivity index (χ1) is 14.8. The fourth-order valence-electron chi connectivity index (χ4n) is 3.59. The lowest BCUT2D eigenvalue weighted by Gasteiger charge is -2.30. The summed E-state index contributed by atoms with van der Waals surface area (Å²) in [6.07, 6.45) is 3.31. The minimum absolute atomic E-state index is 0.0992. The lowest BCUT2D eigenvalue weighted by molar-refractivity contribution is -0.154. The number of carbonyl (C=O) groups excluding carboxylic acids is 3. The van der Waals surface area contributed by atoms with Gasteiger partial charge in [-0.3, -0.25) is 14.4 Å². The molecule has 1 aliphatic carbocycles. The Bertz CT molecular complexity index is 771. The highest BCUT2D eigenvalue weighted by molar-refractivity contribution is 5.97. The van der Waals surface area contributed by atoms with E-state index in [2.05, 4.69) is 17.6 Å². The monoisotopic (exact) mass is 436 g/mol. The van der Waals surface area contributed by atoms with Gasteiger partial charge in [-0.1, -0.05) is 19.8 Å².